The lowest BCUT2D eigenvalue weighted by atomic mass is 10.7. The molecule has 0 aromatic carbocycles. The Morgan fingerprint density at radius 2 is 2.44 bits per heavy atom. The molecular weight excluding hydrogens is 160 g/mol. The van der Waals surface area contributed by atoms with Crippen molar-refractivity contribution in [2.45, 2.75) is 0 Å². The minimum Gasteiger partial charge on any atom is -0.305 e. The number of nitrogens with one attached hydrogen (secondary N) is 1. The molecule has 0 unspecified atom stereocenters. The van der Waals surface area contributed by atoms with Gasteiger partial charge in [-0.25, -0.2) is 0 Å². The Bertz CT molecular complexity index is 148. The molecule has 1 aliphatic rings. The van der Waals surface area contributed by atoms with Gasteiger partial charge in [-0.05, 0) is 0 Å². The van der Waals surface area contributed by atoms with Crippen LogP contribution in [0.2, 0.25) is 0 Å². The molecule has 0 aliphatic carbocycles. The zero-order chi connectivity index (χ0) is 5.98. The first-order chi connectivity index (χ1) is 3.83. The lowest BCUT2D eigenvalue weighted by molar-refractivity contribution is -0.116. The molecule has 1 fully saturated rings. The second-order valence-corrected chi connectivity index (χ2v) is 2.33. The van der Waals surface area contributed by atoms with Gasteiger partial charge in [-0.15, -0.1) is 12.4 Å². The van der Waals surface area contributed by atoms with E-state index in [1.165, 1.54) is 11.8 Å². The minimum absolute atomic E-state index is 0. The van der Waals surface area contributed by atoms with E-state index in [0.29, 0.717) is 5.75 Å². The number of hydrogen-bond donors (Lipinski definition) is 1. The van der Waals surface area contributed by atoms with Gasteiger partial charge in [0.1, 0.15) is 0 Å². The van der Waals surface area contributed by atoms with Crippen LogP contribution in [0.4, 0.5) is 0 Å². The van der Waals surface area contributed by atoms with E-state index in [4.69, 9.17) is 0 Å². The van der Waals surface area contributed by atoms with Crippen LogP contribution in [0.15, 0.2) is 4.99 Å². The maximum atomic E-state index is 10.4. The van der Waals surface area contributed by atoms with E-state index in [2.05, 4.69) is 10.3 Å². The summed E-state index contributed by atoms with van der Waals surface area (Å²) < 4.78 is 0. The van der Waals surface area contributed by atoms with E-state index in [1.807, 2.05) is 0 Å². The van der Waals surface area contributed by atoms with Crippen LogP contribution in [-0.2, 0) is 4.79 Å². The number of hydrogen-bond acceptors (Lipinski definition) is 3. The molecule has 1 N–H and O–H groups in total. The standard InChI is InChI=1S/C4H6N2OS.ClH/c1-5-4-6-3(7)2-8-4;/h2H2,1H3,(H,5,6,7);1H. The van der Waals surface area contributed by atoms with Crippen LogP contribution >= 0.6 is 24.2 Å². The van der Waals surface area contributed by atoms with Crippen molar-refractivity contribution in [3.8, 4) is 0 Å². The van der Waals surface area contributed by atoms with Gasteiger partial charge in [-0.1, -0.05) is 11.8 Å². The average Bonchev–Trinajstić information content (AvgIpc) is 2.14. The lowest BCUT2D eigenvalue weighted by Crippen LogP contribution is -2.19. The quantitative estimate of drug-likeness (QED) is 0.561. The molecule has 0 bridgehead atoms. The minimum atomic E-state index is 0. The molecule has 52 valence electrons. The summed E-state index contributed by atoms with van der Waals surface area (Å²) in [7, 11) is 1.66. The van der Waals surface area contributed by atoms with Gasteiger partial charge in [-0.2, -0.15) is 0 Å². The summed E-state index contributed by atoms with van der Waals surface area (Å²) in [4.78, 5) is 14.2. The highest BCUT2D eigenvalue weighted by Crippen LogP contribution is 2.06. The molecule has 5 heteroatoms. The summed E-state index contributed by atoms with van der Waals surface area (Å²) in [5, 5.41) is 3.31. The number of rotatable bonds is 0. The number of amides is 1. The van der Waals surface area contributed by atoms with Crippen molar-refractivity contribution in [1.82, 2.24) is 5.32 Å². The fraction of sp³-hybridized carbons (Fsp3) is 0.500. The summed E-state index contributed by atoms with van der Waals surface area (Å²) in [6.45, 7) is 0. The number of carbonyl (C=O) groups is 1. The fourth-order valence-electron chi connectivity index (χ4n) is 0.446. The van der Waals surface area contributed by atoms with E-state index in [1.54, 1.807) is 7.05 Å². The third-order valence-electron chi connectivity index (χ3n) is 0.789. The first-order valence-corrected chi connectivity index (χ1v) is 3.21. The normalized spacial score (nSPS) is 21.4. The van der Waals surface area contributed by atoms with Crippen LogP contribution in [0.3, 0.4) is 0 Å². The Balaban J connectivity index is 0.000000640. The molecule has 1 heterocycles. The molecule has 3 nitrogen and oxygen atoms in total. The van der Waals surface area contributed by atoms with Gasteiger partial charge in [0.05, 0.1) is 5.75 Å². The maximum absolute atomic E-state index is 10.4. The molecular formula is C4H7ClN2OS. The predicted molar refractivity (Wildman–Crippen MR) is 41.2 cm³/mol. The van der Waals surface area contributed by atoms with Crippen molar-refractivity contribution in [3.63, 3.8) is 0 Å². The second-order valence-electron chi connectivity index (χ2n) is 1.37. The van der Waals surface area contributed by atoms with Crippen molar-refractivity contribution in [3.05, 3.63) is 0 Å². The molecule has 0 radical (unpaired) electrons. The Hall–Kier alpha value is -0.220. The summed E-state index contributed by atoms with van der Waals surface area (Å²) in [6.07, 6.45) is 0. The summed E-state index contributed by atoms with van der Waals surface area (Å²) in [5.74, 6) is 0.572. The van der Waals surface area contributed by atoms with Gasteiger partial charge in [0.2, 0.25) is 5.91 Å². The fourth-order valence-corrected chi connectivity index (χ4v) is 1.10. The molecule has 0 saturated carbocycles. The van der Waals surface area contributed by atoms with Crippen LogP contribution in [0.5, 0.6) is 0 Å². The number of nitrogens with zero attached hydrogens (tertiary/aromatic N) is 1. The van der Waals surface area contributed by atoms with Crippen LogP contribution in [0, 0.1) is 0 Å². The Morgan fingerprint density at radius 3 is 2.67 bits per heavy atom. The number of carbonyl (C=O) groups excluding carboxylic acids is 1. The highest BCUT2D eigenvalue weighted by Gasteiger charge is 2.14. The Labute approximate surface area is 63.7 Å². The highest BCUT2D eigenvalue weighted by molar-refractivity contribution is 8.15. The average molecular weight is 167 g/mol. The topological polar surface area (TPSA) is 41.5 Å². The van der Waals surface area contributed by atoms with Crippen LogP contribution in [-0.4, -0.2) is 23.9 Å². The zero-order valence-electron chi connectivity index (χ0n) is 4.88. The number of halogens is 1. The summed E-state index contributed by atoms with van der Waals surface area (Å²) in [6, 6.07) is 0. The van der Waals surface area contributed by atoms with Crippen molar-refractivity contribution < 1.29 is 4.79 Å². The van der Waals surface area contributed by atoms with Crippen LogP contribution in [0.1, 0.15) is 0 Å². The third-order valence-corrected chi connectivity index (χ3v) is 1.75. The molecule has 1 amide bonds. The Kier molecular flexibility index (Phi) is 3.65. The molecule has 0 spiro atoms. The molecule has 9 heavy (non-hydrogen) atoms. The number of amidine groups is 1. The van der Waals surface area contributed by atoms with Gasteiger partial charge >= 0.3 is 0 Å². The van der Waals surface area contributed by atoms with Gasteiger partial charge in [0.15, 0.2) is 5.17 Å². The van der Waals surface area contributed by atoms with Crippen LogP contribution < -0.4 is 5.32 Å². The second kappa shape index (κ2) is 3.74. The molecule has 0 aromatic heterocycles. The smallest absolute Gasteiger partial charge is 0.236 e. The molecule has 1 saturated heterocycles. The van der Waals surface area contributed by atoms with Crippen LogP contribution in [0.25, 0.3) is 0 Å². The lowest BCUT2D eigenvalue weighted by Gasteiger charge is -1.86. The molecule has 1 aliphatic heterocycles. The third kappa shape index (κ3) is 2.24. The van der Waals surface area contributed by atoms with E-state index in [0.717, 1.165) is 5.17 Å². The zero-order valence-corrected chi connectivity index (χ0v) is 6.51. The highest BCUT2D eigenvalue weighted by atomic mass is 35.5. The van der Waals surface area contributed by atoms with E-state index in [-0.39, 0.29) is 18.3 Å². The maximum Gasteiger partial charge on any atom is 0.236 e. The van der Waals surface area contributed by atoms with Crippen molar-refractivity contribution in [2.24, 2.45) is 4.99 Å². The van der Waals surface area contributed by atoms with E-state index < -0.39 is 0 Å². The SMILES string of the molecule is CN=C1NC(=O)CS1.Cl. The first kappa shape index (κ1) is 8.78. The number of aliphatic imine (C=N–C) groups is 1. The van der Waals surface area contributed by atoms with Gasteiger partial charge < -0.3 is 5.32 Å². The molecule has 0 aromatic rings. The molecule has 1 rings (SSSR count). The molecule has 0 atom stereocenters. The largest absolute Gasteiger partial charge is 0.305 e. The monoisotopic (exact) mass is 166 g/mol. The first-order valence-electron chi connectivity index (χ1n) is 2.22. The number of thioether (sulfide) groups is 1. The van der Waals surface area contributed by atoms with E-state index in [9.17, 15) is 4.79 Å². The predicted octanol–water partition coefficient (Wildman–Crippen LogP) is 0.257. The van der Waals surface area contributed by atoms with Gasteiger partial charge in [0.25, 0.3) is 0 Å². The summed E-state index contributed by atoms with van der Waals surface area (Å²) in [5.41, 5.74) is 0. The van der Waals surface area contributed by atoms with E-state index >= 15 is 0 Å². The van der Waals surface area contributed by atoms with Crippen molar-refractivity contribution in [1.29, 1.82) is 0 Å². The Morgan fingerprint density at radius 1 is 1.78 bits per heavy atom. The van der Waals surface area contributed by atoms with Gasteiger partial charge in [0, 0.05) is 7.05 Å². The van der Waals surface area contributed by atoms with Crippen molar-refractivity contribution >= 4 is 35.2 Å². The van der Waals surface area contributed by atoms with Crippen molar-refractivity contribution in [2.75, 3.05) is 12.8 Å². The summed E-state index contributed by atoms with van der Waals surface area (Å²) >= 11 is 1.44. The van der Waals surface area contributed by atoms with Gasteiger partial charge in [-0.3, -0.25) is 9.79 Å².